The topological polar surface area (TPSA) is 33.7 Å². The molecule has 0 aromatic heterocycles. The maximum atomic E-state index is 5.47. The number of nitrogens with one attached hydrogen (secondary N) is 1. The van der Waals surface area contributed by atoms with Crippen molar-refractivity contribution < 1.29 is 9.47 Å². The Hall–Kier alpha value is -0.620. The van der Waals surface area contributed by atoms with E-state index in [4.69, 9.17) is 9.47 Å². The zero-order valence-electron chi connectivity index (χ0n) is 12.9. The first kappa shape index (κ1) is 16.7. The number of nitrogens with zero attached hydrogens (tertiary/aromatic N) is 1. The molecule has 0 radical (unpaired) electrons. The number of anilines is 1. The zero-order valence-corrected chi connectivity index (χ0v) is 14.5. The highest BCUT2D eigenvalue weighted by Gasteiger charge is 2.20. The Bertz CT molecular complexity index is 436. The average molecular weight is 357 g/mol. The van der Waals surface area contributed by atoms with Gasteiger partial charge in [-0.1, -0.05) is 15.9 Å². The zero-order chi connectivity index (χ0) is 15.1. The van der Waals surface area contributed by atoms with E-state index >= 15 is 0 Å². The van der Waals surface area contributed by atoms with Crippen LogP contribution in [-0.2, 0) is 16.0 Å². The molecular weight excluding hydrogens is 332 g/mol. The monoisotopic (exact) mass is 356 g/mol. The number of halogens is 1. The normalized spacial score (nSPS) is 16.1. The first-order valence-electron chi connectivity index (χ1n) is 7.51. The summed E-state index contributed by atoms with van der Waals surface area (Å²) >= 11 is 3.57. The molecular formula is C16H25BrN2O2. The fourth-order valence-electron chi connectivity index (χ4n) is 2.71. The summed E-state index contributed by atoms with van der Waals surface area (Å²) in [4.78, 5) is 2.41. The van der Waals surface area contributed by atoms with E-state index in [1.165, 1.54) is 11.3 Å². The fraction of sp³-hybridized carbons (Fsp3) is 0.625. The molecule has 21 heavy (non-hydrogen) atoms. The summed E-state index contributed by atoms with van der Waals surface area (Å²) < 4.78 is 11.7. The van der Waals surface area contributed by atoms with Crippen molar-refractivity contribution in [3.8, 4) is 0 Å². The molecule has 1 N–H and O–H groups in total. The van der Waals surface area contributed by atoms with E-state index in [0.29, 0.717) is 6.04 Å². The Morgan fingerprint density at radius 3 is 2.86 bits per heavy atom. The molecule has 118 valence electrons. The number of benzene rings is 1. The Morgan fingerprint density at radius 1 is 1.38 bits per heavy atom. The SMILES string of the molecule is COCCNCc1cc(Br)ccc1N(C)C1CCOCC1. The first-order chi connectivity index (χ1) is 10.2. The highest BCUT2D eigenvalue weighted by molar-refractivity contribution is 9.10. The van der Waals surface area contributed by atoms with Crippen LogP contribution < -0.4 is 10.2 Å². The van der Waals surface area contributed by atoms with Crippen LogP contribution in [-0.4, -0.2) is 46.6 Å². The third-order valence-electron chi connectivity index (χ3n) is 3.96. The minimum absolute atomic E-state index is 0.567. The number of hydrogen-bond acceptors (Lipinski definition) is 4. The van der Waals surface area contributed by atoms with Gasteiger partial charge in [-0.2, -0.15) is 0 Å². The predicted molar refractivity (Wildman–Crippen MR) is 90.0 cm³/mol. The molecule has 1 aliphatic heterocycles. The van der Waals surface area contributed by atoms with Gasteiger partial charge in [-0.25, -0.2) is 0 Å². The van der Waals surface area contributed by atoms with Crippen LogP contribution in [0, 0.1) is 0 Å². The average Bonchev–Trinajstić information content (AvgIpc) is 2.52. The Labute approximate surface area is 135 Å². The van der Waals surface area contributed by atoms with Gasteiger partial charge in [0.15, 0.2) is 0 Å². The highest BCUT2D eigenvalue weighted by atomic mass is 79.9. The molecule has 2 rings (SSSR count). The lowest BCUT2D eigenvalue weighted by atomic mass is 10.0. The lowest BCUT2D eigenvalue weighted by Crippen LogP contribution is -2.37. The van der Waals surface area contributed by atoms with Crippen molar-refractivity contribution in [2.75, 3.05) is 45.4 Å². The molecule has 1 heterocycles. The van der Waals surface area contributed by atoms with E-state index in [2.05, 4.69) is 51.4 Å². The molecule has 1 aromatic rings. The lowest BCUT2D eigenvalue weighted by Gasteiger charge is -2.34. The van der Waals surface area contributed by atoms with Crippen LogP contribution in [0.15, 0.2) is 22.7 Å². The highest BCUT2D eigenvalue weighted by Crippen LogP contribution is 2.27. The molecule has 0 amide bonds. The van der Waals surface area contributed by atoms with Crippen LogP contribution in [0.5, 0.6) is 0 Å². The quantitative estimate of drug-likeness (QED) is 0.761. The lowest BCUT2D eigenvalue weighted by molar-refractivity contribution is 0.0854. The minimum Gasteiger partial charge on any atom is -0.383 e. The molecule has 0 spiro atoms. The van der Waals surface area contributed by atoms with Gasteiger partial charge in [0.05, 0.1) is 6.61 Å². The third-order valence-corrected chi connectivity index (χ3v) is 4.45. The molecule has 0 saturated carbocycles. The van der Waals surface area contributed by atoms with Crippen LogP contribution in [0.1, 0.15) is 18.4 Å². The van der Waals surface area contributed by atoms with Crippen molar-refractivity contribution in [1.29, 1.82) is 0 Å². The Kier molecular flexibility index (Phi) is 6.96. The van der Waals surface area contributed by atoms with Gasteiger partial charge in [0.2, 0.25) is 0 Å². The summed E-state index contributed by atoms with van der Waals surface area (Å²) in [5.74, 6) is 0. The van der Waals surface area contributed by atoms with Crippen LogP contribution in [0.4, 0.5) is 5.69 Å². The van der Waals surface area contributed by atoms with Crippen molar-refractivity contribution in [3.05, 3.63) is 28.2 Å². The smallest absolute Gasteiger partial charge is 0.0587 e. The van der Waals surface area contributed by atoms with Gasteiger partial charge in [0.25, 0.3) is 0 Å². The number of ether oxygens (including phenoxy) is 2. The van der Waals surface area contributed by atoms with Crippen molar-refractivity contribution in [2.45, 2.75) is 25.4 Å². The van der Waals surface area contributed by atoms with Crippen molar-refractivity contribution in [3.63, 3.8) is 0 Å². The van der Waals surface area contributed by atoms with Crippen LogP contribution in [0.3, 0.4) is 0 Å². The van der Waals surface area contributed by atoms with Crippen LogP contribution >= 0.6 is 15.9 Å². The summed E-state index contributed by atoms with van der Waals surface area (Å²) in [5.41, 5.74) is 2.62. The van der Waals surface area contributed by atoms with Gasteiger partial charge in [-0.15, -0.1) is 0 Å². The molecule has 4 nitrogen and oxygen atoms in total. The second kappa shape index (κ2) is 8.73. The maximum Gasteiger partial charge on any atom is 0.0587 e. The van der Waals surface area contributed by atoms with Crippen molar-refractivity contribution in [1.82, 2.24) is 5.32 Å². The summed E-state index contributed by atoms with van der Waals surface area (Å²) in [6.45, 7) is 4.19. The van der Waals surface area contributed by atoms with Gasteiger partial charge >= 0.3 is 0 Å². The molecule has 0 aliphatic carbocycles. The molecule has 0 unspecified atom stereocenters. The van der Waals surface area contributed by atoms with Gasteiger partial charge < -0.3 is 19.7 Å². The Balaban J connectivity index is 2.05. The number of hydrogen-bond donors (Lipinski definition) is 1. The predicted octanol–water partition coefficient (Wildman–Crippen LogP) is 2.80. The summed E-state index contributed by atoms with van der Waals surface area (Å²) in [5, 5.41) is 3.43. The molecule has 1 saturated heterocycles. The van der Waals surface area contributed by atoms with E-state index in [9.17, 15) is 0 Å². The standard InChI is InChI=1S/C16H25BrN2O2/c1-19(15-5-8-21-9-6-15)16-4-3-14(17)11-13(16)12-18-7-10-20-2/h3-4,11,15,18H,5-10,12H2,1-2H3. The first-order valence-corrected chi connectivity index (χ1v) is 8.30. The van der Waals surface area contributed by atoms with E-state index in [1.54, 1.807) is 7.11 Å². The Morgan fingerprint density at radius 2 is 2.14 bits per heavy atom. The van der Waals surface area contributed by atoms with E-state index in [0.717, 1.165) is 50.2 Å². The van der Waals surface area contributed by atoms with Crippen molar-refractivity contribution in [2.24, 2.45) is 0 Å². The maximum absolute atomic E-state index is 5.47. The summed E-state index contributed by atoms with van der Waals surface area (Å²) in [7, 11) is 3.92. The second-order valence-corrected chi connectivity index (χ2v) is 6.31. The van der Waals surface area contributed by atoms with Gasteiger partial charge in [0.1, 0.15) is 0 Å². The largest absolute Gasteiger partial charge is 0.383 e. The van der Waals surface area contributed by atoms with Gasteiger partial charge in [-0.3, -0.25) is 0 Å². The molecule has 1 aliphatic rings. The van der Waals surface area contributed by atoms with Crippen LogP contribution in [0.2, 0.25) is 0 Å². The number of methoxy groups -OCH3 is 1. The summed E-state index contributed by atoms with van der Waals surface area (Å²) in [6, 6.07) is 7.08. The third kappa shape index (κ3) is 4.95. The van der Waals surface area contributed by atoms with Gasteiger partial charge in [-0.05, 0) is 36.6 Å². The molecule has 1 fully saturated rings. The molecule has 1 aromatic carbocycles. The minimum atomic E-state index is 0.567. The number of rotatable bonds is 7. The molecule has 5 heteroatoms. The molecule has 0 atom stereocenters. The van der Waals surface area contributed by atoms with Crippen LogP contribution in [0.25, 0.3) is 0 Å². The van der Waals surface area contributed by atoms with Gasteiger partial charge in [0, 0.05) is 56.7 Å². The van der Waals surface area contributed by atoms with E-state index < -0.39 is 0 Å². The fourth-order valence-corrected chi connectivity index (χ4v) is 3.11. The second-order valence-electron chi connectivity index (χ2n) is 5.40. The van der Waals surface area contributed by atoms with E-state index in [-0.39, 0.29) is 0 Å². The van der Waals surface area contributed by atoms with E-state index in [1.807, 2.05) is 0 Å². The summed E-state index contributed by atoms with van der Waals surface area (Å²) in [6.07, 6.45) is 2.20. The molecule has 0 bridgehead atoms. The van der Waals surface area contributed by atoms with Crippen molar-refractivity contribution >= 4 is 21.6 Å².